The molecule has 5 heteroatoms. The van der Waals surface area contributed by atoms with Gasteiger partial charge in [-0.05, 0) is 31.8 Å². The molecule has 0 aliphatic rings. The predicted octanol–water partition coefficient (Wildman–Crippen LogP) is 2.47. The number of rotatable bonds is 6. The van der Waals surface area contributed by atoms with Crippen LogP contribution in [0.4, 0.5) is 0 Å². The molecule has 2 rings (SSSR count). The Balaban J connectivity index is 1.96. The van der Waals surface area contributed by atoms with E-state index < -0.39 is 0 Å². The summed E-state index contributed by atoms with van der Waals surface area (Å²) in [5, 5.41) is 4.24. The fourth-order valence-corrected chi connectivity index (χ4v) is 2.30. The van der Waals surface area contributed by atoms with Crippen molar-refractivity contribution in [2.24, 2.45) is 7.05 Å². The van der Waals surface area contributed by atoms with Crippen LogP contribution in [0.25, 0.3) is 0 Å². The quantitative estimate of drug-likeness (QED) is 0.888. The van der Waals surface area contributed by atoms with Crippen LogP contribution in [0.3, 0.4) is 0 Å². The van der Waals surface area contributed by atoms with Crippen molar-refractivity contribution in [1.82, 2.24) is 19.8 Å². The number of hydrogen-bond donors (Lipinski definition) is 1. The number of aromatic nitrogens is 2. The fraction of sp³-hybridized carbons (Fsp3) is 0.400. The second-order valence-corrected chi connectivity index (χ2v) is 5.55. The summed E-state index contributed by atoms with van der Waals surface area (Å²) < 4.78 is 2.03. The molecule has 4 nitrogen and oxygen atoms in total. The molecule has 0 spiro atoms. The van der Waals surface area contributed by atoms with Gasteiger partial charge in [-0.25, -0.2) is 4.98 Å². The van der Waals surface area contributed by atoms with Crippen LogP contribution in [0.2, 0.25) is 5.02 Å². The maximum atomic E-state index is 5.94. The molecule has 20 heavy (non-hydrogen) atoms. The van der Waals surface area contributed by atoms with E-state index in [0.29, 0.717) is 6.04 Å². The van der Waals surface area contributed by atoms with Crippen molar-refractivity contribution in [1.29, 1.82) is 0 Å². The molecule has 0 bridgehead atoms. The molecule has 1 atom stereocenters. The lowest BCUT2D eigenvalue weighted by molar-refractivity contribution is 0.287. The lowest BCUT2D eigenvalue weighted by Gasteiger charge is -2.25. The van der Waals surface area contributed by atoms with Gasteiger partial charge in [0.15, 0.2) is 0 Å². The molecule has 0 saturated carbocycles. The van der Waals surface area contributed by atoms with E-state index in [1.807, 2.05) is 36.1 Å². The summed E-state index contributed by atoms with van der Waals surface area (Å²) in [5.41, 5.74) is 1.26. The number of nitrogens with one attached hydrogen (secondary N) is 1. The van der Waals surface area contributed by atoms with Crippen LogP contribution >= 0.6 is 11.6 Å². The number of likely N-dealkylation sites (N-methyl/N-ethyl adjacent to an activating group) is 1. The minimum atomic E-state index is 0.313. The third-order valence-electron chi connectivity index (χ3n) is 3.42. The fourth-order valence-electron chi connectivity index (χ4n) is 2.17. The van der Waals surface area contributed by atoms with Crippen molar-refractivity contribution in [3.63, 3.8) is 0 Å². The summed E-state index contributed by atoms with van der Waals surface area (Å²) in [6, 6.07) is 8.34. The monoisotopic (exact) mass is 292 g/mol. The van der Waals surface area contributed by atoms with Gasteiger partial charge in [0.05, 0.1) is 6.54 Å². The number of hydrogen-bond acceptors (Lipinski definition) is 3. The predicted molar refractivity (Wildman–Crippen MR) is 82.8 cm³/mol. The average molecular weight is 293 g/mol. The molecule has 1 aromatic carbocycles. The van der Waals surface area contributed by atoms with E-state index in [9.17, 15) is 0 Å². The highest BCUT2D eigenvalue weighted by molar-refractivity contribution is 6.30. The van der Waals surface area contributed by atoms with E-state index in [1.165, 1.54) is 5.56 Å². The van der Waals surface area contributed by atoms with Crippen LogP contribution in [0.15, 0.2) is 36.7 Å². The molecular weight excluding hydrogens is 272 g/mol. The van der Waals surface area contributed by atoms with Crippen LogP contribution in [0, 0.1) is 0 Å². The van der Waals surface area contributed by atoms with Gasteiger partial charge in [-0.1, -0.05) is 23.7 Å². The Morgan fingerprint density at radius 3 is 2.55 bits per heavy atom. The molecule has 1 N–H and O–H groups in total. The van der Waals surface area contributed by atoms with Crippen LogP contribution in [0.5, 0.6) is 0 Å². The Labute approximate surface area is 125 Å². The van der Waals surface area contributed by atoms with Crippen molar-refractivity contribution < 1.29 is 0 Å². The van der Waals surface area contributed by atoms with Crippen molar-refractivity contribution in [2.75, 3.05) is 20.6 Å². The zero-order valence-corrected chi connectivity index (χ0v) is 12.9. The van der Waals surface area contributed by atoms with Gasteiger partial charge in [-0.15, -0.1) is 0 Å². The summed E-state index contributed by atoms with van der Waals surface area (Å²) in [5.74, 6) is 1.04. The molecule has 1 unspecified atom stereocenters. The van der Waals surface area contributed by atoms with Crippen molar-refractivity contribution >= 4 is 11.6 Å². The summed E-state index contributed by atoms with van der Waals surface area (Å²) >= 11 is 5.94. The topological polar surface area (TPSA) is 33.1 Å². The third kappa shape index (κ3) is 3.82. The van der Waals surface area contributed by atoms with Gasteiger partial charge in [0.1, 0.15) is 5.82 Å². The average Bonchev–Trinajstić information content (AvgIpc) is 2.81. The number of nitrogens with zero attached hydrogens (tertiary/aromatic N) is 3. The van der Waals surface area contributed by atoms with Gasteiger partial charge in [0.2, 0.25) is 0 Å². The highest BCUT2D eigenvalue weighted by Crippen LogP contribution is 2.19. The van der Waals surface area contributed by atoms with Gasteiger partial charge in [-0.2, -0.15) is 0 Å². The molecule has 0 fully saturated rings. The van der Waals surface area contributed by atoms with Crippen LogP contribution in [-0.2, 0) is 13.6 Å². The zero-order chi connectivity index (χ0) is 14.5. The largest absolute Gasteiger partial charge is 0.337 e. The minimum absolute atomic E-state index is 0.313. The van der Waals surface area contributed by atoms with Gasteiger partial charge >= 0.3 is 0 Å². The first-order valence-corrected chi connectivity index (χ1v) is 7.04. The summed E-state index contributed by atoms with van der Waals surface area (Å²) in [6.45, 7) is 1.63. The smallest absolute Gasteiger partial charge is 0.122 e. The minimum Gasteiger partial charge on any atom is -0.337 e. The lowest BCUT2D eigenvalue weighted by atomic mass is 10.1. The summed E-state index contributed by atoms with van der Waals surface area (Å²) in [6.07, 6.45) is 3.78. The Hall–Kier alpha value is -1.36. The van der Waals surface area contributed by atoms with E-state index in [-0.39, 0.29) is 0 Å². The summed E-state index contributed by atoms with van der Waals surface area (Å²) in [4.78, 5) is 6.51. The van der Waals surface area contributed by atoms with Crippen LogP contribution < -0.4 is 5.32 Å². The number of aryl methyl sites for hydroxylation is 1. The molecule has 0 saturated heterocycles. The zero-order valence-electron chi connectivity index (χ0n) is 12.2. The number of benzene rings is 1. The maximum Gasteiger partial charge on any atom is 0.122 e. The Morgan fingerprint density at radius 1 is 1.30 bits per heavy atom. The first-order chi connectivity index (χ1) is 9.58. The molecule has 1 aromatic heterocycles. The number of imidazole rings is 1. The second-order valence-electron chi connectivity index (χ2n) is 5.12. The Morgan fingerprint density at radius 2 is 2.00 bits per heavy atom. The first kappa shape index (κ1) is 15.0. The van der Waals surface area contributed by atoms with Gasteiger partial charge in [-0.3, -0.25) is 0 Å². The van der Waals surface area contributed by atoms with E-state index in [4.69, 9.17) is 11.6 Å². The molecular formula is C15H21ClN4. The molecule has 0 amide bonds. The van der Waals surface area contributed by atoms with E-state index in [1.54, 1.807) is 0 Å². The maximum absolute atomic E-state index is 5.94. The van der Waals surface area contributed by atoms with Gasteiger partial charge < -0.3 is 14.8 Å². The van der Waals surface area contributed by atoms with Crippen molar-refractivity contribution in [3.8, 4) is 0 Å². The van der Waals surface area contributed by atoms with E-state index >= 15 is 0 Å². The third-order valence-corrected chi connectivity index (χ3v) is 3.67. The van der Waals surface area contributed by atoms with E-state index in [2.05, 4.69) is 41.4 Å². The van der Waals surface area contributed by atoms with Gasteiger partial charge in [0.25, 0.3) is 0 Å². The first-order valence-electron chi connectivity index (χ1n) is 6.66. The standard InChI is InChI=1S/C15H21ClN4/c1-19(2)14(12-4-6-13(16)7-5-12)10-17-11-15-18-8-9-20(15)3/h4-9,14,17H,10-11H2,1-3H3. The second kappa shape index (κ2) is 6.88. The molecule has 2 aromatic rings. The highest BCUT2D eigenvalue weighted by Gasteiger charge is 2.13. The molecule has 0 aliphatic heterocycles. The van der Waals surface area contributed by atoms with Crippen molar-refractivity contribution in [3.05, 3.63) is 53.1 Å². The number of halogens is 1. The molecule has 0 aliphatic carbocycles. The van der Waals surface area contributed by atoms with Crippen LogP contribution in [0.1, 0.15) is 17.4 Å². The highest BCUT2D eigenvalue weighted by atomic mass is 35.5. The van der Waals surface area contributed by atoms with Crippen LogP contribution in [-0.4, -0.2) is 35.1 Å². The Bertz CT molecular complexity index is 533. The SMILES string of the molecule is CN(C)C(CNCc1nccn1C)c1ccc(Cl)cc1. The molecule has 1 heterocycles. The summed E-state index contributed by atoms with van der Waals surface area (Å²) in [7, 11) is 6.18. The molecule has 108 valence electrons. The van der Waals surface area contributed by atoms with E-state index in [0.717, 1.165) is 23.9 Å². The van der Waals surface area contributed by atoms with Crippen molar-refractivity contribution in [2.45, 2.75) is 12.6 Å². The Kier molecular flexibility index (Phi) is 5.17. The van der Waals surface area contributed by atoms with Gasteiger partial charge in [0, 0.05) is 37.1 Å². The lowest BCUT2D eigenvalue weighted by Crippen LogP contribution is -2.31. The molecule has 0 radical (unpaired) electrons. The normalized spacial score (nSPS) is 12.8.